The minimum atomic E-state index is 0.426. The summed E-state index contributed by atoms with van der Waals surface area (Å²) >= 11 is 0. The molecule has 0 heterocycles. The molecule has 1 aliphatic carbocycles. The van der Waals surface area contributed by atoms with E-state index in [-0.39, 0.29) is 0 Å². The molecule has 3 aromatic carbocycles. The fourth-order valence-corrected chi connectivity index (χ4v) is 2.97. The number of isocyanates is 2. The topological polar surface area (TPSA) is 58.9 Å². The molecule has 1 aliphatic rings. The number of benzene rings is 3. The van der Waals surface area contributed by atoms with Crippen LogP contribution in [0.5, 0.6) is 0 Å². The first-order valence-electron chi connectivity index (χ1n) is 8.15. The van der Waals surface area contributed by atoms with E-state index in [9.17, 15) is 9.59 Å². The number of hydrogen-bond donors (Lipinski definition) is 0. The Morgan fingerprint density at radius 3 is 1.92 bits per heavy atom. The van der Waals surface area contributed by atoms with Crippen molar-refractivity contribution in [2.24, 2.45) is 9.98 Å². The number of aliphatic imine (C=N–C) groups is 2. The summed E-state index contributed by atoms with van der Waals surface area (Å²) in [4.78, 5) is 26.8. The molecule has 0 atom stereocenters. The lowest BCUT2D eigenvalue weighted by Gasteiger charge is -1.98. The van der Waals surface area contributed by atoms with Crippen LogP contribution in [0.1, 0.15) is 16.7 Å². The Morgan fingerprint density at radius 2 is 1.35 bits per heavy atom. The third-order valence-corrected chi connectivity index (χ3v) is 4.24. The zero-order valence-corrected chi connectivity index (χ0v) is 14.3. The van der Waals surface area contributed by atoms with Gasteiger partial charge in [0.2, 0.25) is 12.2 Å². The maximum Gasteiger partial charge on any atom is 0.240 e. The molecule has 0 spiro atoms. The van der Waals surface area contributed by atoms with Gasteiger partial charge in [-0.2, -0.15) is 9.98 Å². The predicted molar refractivity (Wildman–Crippen MR) is 101 cm³/mol. The maximum absolute atomic E-state index is 10.00. The van der Waals surface area contributed by atoms with Crippen LogP contribution >= 0.6 is 0 Å². The van der Waals surface area contributed by atoms with E-state index in [0.717, 1.165) is 12.0 Å². The molecule has 0 N–H and O–H groups in total. The van der Waals surface area contributed by atoms with Gasteiger partial charge in [-0.1, -0.05) is 54.6 Å². The monoisotopic (exact) mass is 340 g/mol. The third-order valence-electron chi connectivity index (χ3n) is 4.24. The van der Waals surface area contributed by atoms with E-state index in [2.05, 4.69) is 58.5 Å². The Bertz CT molecular complexity index is 1000. The standard InChI is InChI=1S/C13H10.C9H6N2O2/c1-3-7-12-10(5-1)9-11-6-2-4-8-13(11)12;1-7-2-3-8(10-5-12)4-9(7)11-6-13/h1-8H,9H2;2-4H,1H3. The van der Waals surface area contributed by atoms with Crippen molar-refractivity contribution >= 4 is 23.5 Å². The molecule has 3 aromatic rings. The van der Waals surface area contributed by atoms with E-state index in [1.807, 2.05) is 0 Å². The predicted octanol–water partition coefficient (Wildman–Crippen LogP) is 5.19. The van der Waals surface area contributed by atoms with Crippen LogP contribution in [0.3, 0.4) is 0 Å². The van der Waals surface area contributed by atoms with Gasteiger partial charge in [-0.15, -0.1) is 0 Å². The third kappa shape index (κ3) is 3.73. The molecule has 0 radical (unpaired) electrons. The van der Waals surface area contributed by atoms with Crippen molar-refractivity contribution in [2.75, 3.05) is 0 Å². The quantitative estimate of drug-likeness (QED) is 0.372. The van der Waals surface area contributed by atoms with Crippen molar-refractivity contribution in [3.63, 3.8) is 0 Å². The van der Waals surface area contributed by atoms with Gasteiger partial charge in [-0.25, -0.2) is 9.59 Å². The van der Waals surface area contributed by atoms with Gasteiger partial charge >= 0.3 is 0 Å². The van der Waals surface area contributed by atoms with E-state index < -0.39 is 0 Å². The van der Waals surface area contributed by atoms with Gasteiger partial charge < -0.3 is 0 Å². The Hall–Kier alpha value is -3.58. The average molecular weight is 340 g/mol. The summed E-state index contributed by atoms with van der Waals surface area (Å²) in [7, 11) is 0. The molecule has 0 unspecified atom stereocenters. The summed E-state index contributed by atoms with van der Waals surface area (Å²) in [6.45, 7) is 1.80. The molecule has 0 aromatic heterocycles. The zero-order valence-electron chi connectivity index (χ0n) is 14.3. The lowest BCUT2D eigenvalue weighted by Crippen LogP contribution is -1.77. The summed E-state index contributed by atoms with van der Waals surface area (Å²) in [6, 6.07) is 22.2. The molecule has 0 bridgehead atoms. The molecule has 0 fully saturated rings. The molecule has 0 saturated heterocycles. The molecule has 4 nitrogen and oxygen atoms in total. The van der Waals surface area contributed by atoms with Crippen molar-refractivity contribution in [3.05, 3.63) is 83.4 Å². The molecule has 126 valence electrons. The molecular weight excluding hydrogens is 324 g/mol. The van der Waals surface area contributed by atoms with Gasteiger partial charge in [0.05, 0.1) is 11.4 Å². The van der Waals surface area contributed by atoms with Crippen LogP contribution in [-0.4, -0.2) is 12.2 Å². The van der Waals surface area contributed by atoms with Crippen LogP contribution in [0, 0.1) is 6.92 Å². The molecule has 0 amide bonds. The normalized spacial score (nSPS) is 10.3. The van der Waals surface area contributed by atoms with E-state index in [4.69, 9.17) is 0 Å². The largest absolute Gasteiger partial charge is 0.240 e. The summed E-state index contributed by atoms with van der Waals surface area (Å²) in [5, 5.41) is 0. The van der Waals surface area contributed by atoms with Crippen LogP contribution in [0.2, 0.25) is 0 Å². The van der Waals surface area contributed by atoms with Crippen molar-refractivity contribution in [3.8, 4) is 11.1 Å². The minimum Gasteiger partial charge on any atom is -0.211 e. The molecule has 0 saturated carbocycles. The van der Waals surface area contributed by atoms with Crippen molar-refractivity contribution < 1.29 is 9.59 Å². The molecule has 0 aliphatic heterocycles. The van der Waals surface area contributed by atoms with Gasteiger partial charge in [0.15, 0.2) is 0 Å². The SMILES string of the molecule is Cc1ccc(N=C=O)cc1N=C=O.c1ccc2c(c1)Cc1ccccc1-2. The second kappa shape index (κ2) is 8.00. The summed E-state index contributed by atoms with van der Waals surface area (Å²) in [6.07, 6.45) is 3.94. The highest BCUT2D eigenvalue weighted by molar-refractivity contribution is 5.76. The summed E-state index contributed by atoms with van der Waals surface area (Å²) < 4.78 is 0. The highest BCUT2D eigenvalue weighted by Crippen LogP contribution is 2.35. The van der Waals surface area contributed by atoms with Gasteiger partial charge in [0.1, 0.15) is 0 Å². The average Bonchev–Trinajstić information content (AvgIpc) is 3.04. The van der Waals surface area contributed by atoms with Gasteiger partial charge in [-0.05, 0) is 53.3 Å². The second-order valence-corrected chi connectivity index (χ2v) is 5.87. The van der Waals surface area contributed by atoms with Crippen LogP contribution in [0.4, 0.5) is 11.4 Å². The van der Waals surface area contributed by atoms with Crippen molar-refractivity contribution in [1.82, 2.24) is 0 Å². The Balaban J connectivity index is 0.000000151. The van der Waals surface area contributed by atoms with E-state index in [0.29, 0.717) is 11.4 Å². The Kier molecular flexibility index (Phi) is 5.31. The number of nitrogens with zero attached hydrogens (tertiary/aromatic N) is 2. The summed E-state index contributed by atoms with van der Waals surface area (Å²) in [5.74, 6) is 0. The number of hydrogen-bond acceptors (Lipinski definition) is 4. The number of fused-ring (bicyclic) bond motifs is 3. The van der Waals surface area contributed by atoms with Crippen LogP contribution < -0.4 is 0 Å². The molecular formula is C22H16N2O2. The van der Waals surface area contributed by atoms with Crippen LogP contribution in [0.25, 0.3) is 11.1 Å². The van der Waals surface area contributed by atoms with E-state index in [1.54, 1.807) is 19.1 Å². The lowest BCUT2D eigenvalue weighted by molar-refractivity contribution is 0.565. The smallest absolute Gasteiger partial charge is 0.211 e. The zero-order chi connectivity index (χ0) is 18.4. The maximum atomic E-state index is 10.00. The molecule has 4 heteroatoms. The van der Waals surface area contributed by atoms with Gasteiger partial charge in [-0.3, -0.25) is 0 Å². The Labute approximate surface area is 151 Å². The number of aryl methyl sites for hydroxylation is 1. The second-order valence-electron chi connectivity index (χ2n) is 5.87. The fourth-order valence-electron chi connectivity index (χ4n) is 2.97. The van der Waals surface area contributed by atoms with Crippen LogP contribution in [-0.2, 0) is 16.0 Å². The van der Waals surface area contributed by atoms with E-state index >= 15 is 0 Å². The minimum absolute atomic E-state index is 0.426. The van der Waals surface area contributed by atoms with Gasteiger partial charge in [0, 0.05) is 0 Å². The first-order chi connectivity index (χ1) is 12.7. The number of rotatable bonds is 2. The first-order valence-corrected chi connectivity index (χ1v) is 8.15. The van der Waals surface area contributed by atoms with Crippen molar-refractivity contribution in [2.45, 2.75) is 13.3 Å². The molecule has 26 heavy (non-hydrogen) atoms. The van der Waals surface area contributed by atoms with Crippen molar-refractivity contribution in [1.29, 1.82) is 0 Å². The highest BCUT2D eigenvalue weighted by Gasteiger charge is 2.15. The highest BCUT2D eigenvalue weighted by atomic mass is 16.1. The first kappa shape index (κ1) is 17.2. The van der Waals surface area contributed by atoms with Crippen LogP contribution in [0.15, 0.2) is 76.7 Å². The molecule has 4 rings (SSSR count). The Morgan fingerprint density at radius 1 is 0.769 bits per heavy atom. The summed E-state index contributed by atoms with van der Waals surface area (Å²) in [5.41, 5.74) is 7.47. The van der Waals surface area contributed by atoms with E-state index in [1.165, 1.54) is 40.5 Å². The van der Waals surface area contributed by atoms with Gasteiger partial charge in [0.25, 0.3) is 0 Å². The number of carbonyl (C=O) groups excluding carboxylic acids is 2. The fraction of sp³-hybridized carbons (Fsp3) is 0.0909. The lowest BCUT2D eigenvalue weighted by atomic mass is 10.1.